The average Bonchev–Trinajstić information content (AvgIpc) is 3.25. The Morgan fingerprint density at radius 1 is 0.976 bits per heavy atom. The standard InChI is InChI=1S/C32H40FN5O2S2/c1-4-6-8-9-12-16-38-31(40)28(42-32(38)41)21-24-23(3)25(22-34)30(39)37(15-7-5-2)29(24)36-19-17-35(18-20-36)27-14-11-10-13-26(27)33/h10-11,13-14,21H,4-9,12,15-20H2,1-3H3/b28-21-. The molecule has 0 aliphatic carbocycles. The SMILES string of the molecule is CCCCCCCN1C(=O)/C(=C/c2c(C)c(C#N)c(=O)n(CCCC)c2N2CCN(c3ccccc3F)CC2)SC1=S. The number of hydrogen-bond donors (Lipinski definition) is 0. The van der Waals surface area contributed by atoms with Crippen molar-refractivity contribution in [3.8, 4) is 6.07 Å². The van der Waals surface area contributed by atoms with Crippen molar-refractivity contribution in [3.63, 3.8) is 0 Å². The number of rotatable bonds is 12. The summed E-state index contributed by atoms with van der Waals surface area (Å²) in [7, 11) is 0. The van der Waals surface area contributed by atoms with Gasteiger partial charge >= 0.3 is 0 Å². The first-order valence-corrected chi connectivity index (χ1v) is 16.2. The second kappa shape index (κ2) is 14.8. The van der Waals surface area contributed by atoms with E-state index < -0.39 is 0 Å². The molecule has 3 heterocycles. The van der Waals surface area contributed by atoms with Crippen LogP contribution in [0.2, 0.25) is 0 Å². The molecule has 4 rings (SSSR count). The van der Waals surface area contributed by atoms with Crippen LogP contribution in [0.3, 0.4) is 0 Å². The molecule has 42 heavy (non-hydrogen) atoms. The normalized spacial score (nSPS) is 16.5. The monoisotopic (exact) mass is 609 g/mol. The molecule has 0 bridgehead atoms. The van der Waals surface area contributed by atoms with Gasteiger partial charge in [0.1, 0.15) is 27.6 Å². The molecule has 1 amide bonds. The van der Waals surface area contributed by atoms with Crippen molar-refractivity contribution in [1.29, 1.82) is 5.26 Å². The van der Waals surface area contributed by atoms with Crippen LogP contribution in [0.1, 0.15) is 75.5 Å². The minimum Gasteiger partial charge on any atom is -0.366 e. The van der Waals surface area contributed by atoms with Crippen LogP contribution in [0.5, 0.6) is 0 Å². The molecule has 2 aliphatic rings. The third-order valence-electron chi connectivity index (χ3n) is 7.99. The van der Waals surface area contributed by atoms with E-state index in [0.717, 1.165) is 38.5 Å². The first-order valence-electron chi connectivity index (χ1n) is 15.0. The molecule has 2 aliphatic heterocycles. The van der Waals surface area contributed by atoms with Crippen LogP contribution in [-0.4, -0.2) is 52.4 Å². The van der Waals surface area contributed by atoms with Gasteiger partial charge in [-0.3, -0.25) is 19.1 Å². The van der Waals surface area contributed by atoms with Crippen LogP contribution in [0, 0.1) is 24.1 Å². The summed E-state index contributed by atoms with van der Waals surface area (Å²) in [6.45, 7) is 9.34. The van der Waals surface area contributed by atoms with E-state index in [-0.39, 0.29) is 22.8 Å². The number of nitrogens with zero attached hydrogens (tertiary/aromatic N) is 5. The highest BCUT2D eigenvalue weighted by molar-refractivity contribution is 8.26. The zero-order valence-electron chi connectivity index (χ0n) is 24.8. The van der Waals surface area contributed by atoms with Crippen molar-refractivity contribution in [3.05, 3.63) is 62.0 Å². The van der Waals surface area contributed by atoms with E-state index in [1.54, 1.807) is 28.5 Å². The highest BCUT2D eigenvalue weighted by atomic mass is 32.2. The van der Waals surface area contributed by atoms with Gasteiger partial charge in [0.05, 0.1) is 10.6 Å². The van der Waals surface area contributed by atoms with E-state index in [1.807, 2.05) is 17.0 Å². The number of para-hydroxylation sites is 1. The zero-order chi connectivity index (χ0) is 30.2. The number of benzene rings is 1. The smallest absolute Gasteiger partial charge is 0.270 e. The lowest BCUT2D eigenvalue weighted by Crippen LogP contribution is -2.49. The van der Waals surface area contributed by atoms with Crippen LogP contribution in [0.4, 0.5) is 15.9 Å². The van der Waals surface area contributed by atoms with E-state index in [1.165, 1.54) is 24.2 Å². The van der Waals surface area contributed by atoms with Gasteiger partial charge < -0.3 is 9.80 Å². The number of thiocarbonyl (C=S) groups is 1. The highest BCUT2D eigenvalue weighted by Crippen LogP contribution is 2.36. The first kappa shape index (κ1) is 31.8. The van der Waals surface area contributed by atoms with Gasteiger partial charge in [0.2, 0.25) is 0 Å². The summed E-state index contributed by atoms with van der Waals surface area (Å²) in [6.07, 6.45) is 8.93. The van der Waals surface area contributed by atoms with Crippen LogP contribution in [-0.2, 0) is 11.3 Å². The maximum absolute atomic E-state index is 14.5. The number of thioether (sulfide) groups is 1. The summed E-state index contributed by atoms with van der Waals surface area (Å²) in [5, 5.41) is 9.98. The second-order valence-corrected chi connectivity index (χ2v) is 12.5. The third kappa shape index (κ3) is 6.90. The molecule has 0 unspecified atom stereocenters. The second-order valence-electron chi connectivity index (χ2n) is 10.8. The molecule has 0 spiro atoms. The van der Waals surface area contributed by atoms with Gasteiger partial charge in [-0.25, -0.2) is 4.39 Å². The van der Waals surface area contributed by atoms with Crippen molar-refractivity contribution >= 4 is 51.8 Å². The lowest BCUT2D eigenvalue weighted by atomic mass is 10.0. The summed E-state index contributed by atoms with van der Waals surface area (Å²) < 4.78 is 16.8. The Labute approximate surface area is 258 Å². The van der Waals surface area contributed by atoms with Crippen molar-refractivity contribution < 1.29 is 9.18 Å². The molecule has 2 fully saturated rings. The molecule has 2 saturated heterocycles. The minimum absolute atomic E-state index is 0.0949. The Balaban J connectivity index is 1.70. The van der Waals surface area contributed by atoms with E-state index in [2.05, 4.69) is 24.8 Å². The van der Waals surface area contributed by atoms with E-state index in [4.69, 9.17) is 12.2 Å². The van der Waals surface area contributed by atoms with Crippen molar-refractivity contribution in [2.45, 2.75) is 72.3 Å². The molecule has 0 atom stereocenters. The number of hydrogen-bond acceptors (Lipinski definition) is 7. The number of carbonyl (C=O) groups is 1. The van der Waals surface area contributed by atoms with E-state index in [0.29, 0.717) is 71.1 Å². The summed E-state index contributed by atoms with van der Waals surface area (Å²) in [5.74, 6) is 0.330. The predicted molar refractivity (Wildman–Crippen MR) is 175 cm³/mol. The molecule has 1 aromatic heterocycles. The Morgan fingerprint density at radius 2 is 1.64 bits per heavy atom. The molecular weight excluding hydrogens is 570 g/mol. The van der Waals surface area contributed by atoms with Crippen molar-refractivity contribution in [2.24, 2.45) is 0 Å². The van der Waals surface area contributed by atoms with Crippen LogP contribution >= 0.6 is 24.0 Å². The molecule has 2 aromatic rings. The summed E-state index contributed by atoms with van der Waals surface area (Å²) in [6, 6.07) is 8.89. The number of pyridine rings is 1. The Bertz CT molecular complexity index is 1440. The molecule has 10 heteroatoms. The van der Waals surface area contributed by atoms with Crippen molar-refractivity contribution in [1.82, 2.24) is 9.47 Å². The summed E-state index contributed by atoms with van der Waals surface area (Å²) in [5.41, 5.74) is 1.61. The fourth-order valence-corrected chi connectivity index (χ4v) is 6.86. The number of unbranched alkanes of at least 4 members (excludes halogenated alkanes) is 5. The average molecular weight is 610 g/mol. The lowest BCUT2D eigenvalue weighted by Gasteiger charge is -2.39. The van der Waals surface area contributed by atoms with Gasteiger partial charge in [0, 0.05) is 44.8 Å². The Morgan fingerprint density at radius 3 is 2.31 bits per heavy atom. The summed E-state index contributed by atoms with van der Waals surface area (Å²) >= 11 is 6.88. The molecule has 0 radical (unpaired) electrons. The molecule has 0 N–H and O–H groups in total. The van der Waals surface area contributed by atoms with Crippen molar-refractivity contribution in [2.75, 3.05) is 42.5 Å². The largest absolute Gasteiger partial charge is 0.366 e. The molecular formula is C32H40FN5O2S2. The number of carbonyl (C=O) groups excluding carboxylic acids is 1. The van der Waals surface area contributed by atoms with E-state index in [9.17, 15) is 19.2 Å². The lowest BCUT2D eigenvalue weighted by molar-refractivity contribution is -0.122. The van der Waals surface area contributed by atoms with Gasteiger partial charge in [-0.15, -0.1) is 0 Å². The van der Waals surface area contributed by atoms with Crippen LogP contribution in [0.15, 0.2) is 34.0 Å². The minimum atomic E-state index is -0.313. The quantitative estimate of drug-likeness (QED) is 0.155. The molecule has 224 valence electrons. The van der Waals surface area contributed by atoms with Gasteiger partial charge in [-0.2, -0.15) is 5.26 Å². The van der Waals surface area contributed by atoms with Gasteiger partial charge in [-0.05, 0) is 43.5 Å². The predicted octanol–water partition coefficient (Wildman–Crippen LogP) is 6.47. The third-order valence-corrected chi connectivity index (χ3v) is 9.37. The maximum Gasteiger partial charge on any atom is 0.270 e. The zero-order valence-corrected chi connectivity index (χ0v) is 26.5. The first-order chi connectivity index (χ1) is 20.3. The molecule has 1 aromatic carbocycles. The van der Waals surface area contributed by atoms with Gasteiger partial charge in [0.15, 0.2) is 0 Å². The Hall–Kier alpha value is -3.16. The molecule has 0 saturated carbocycles. The maximum atomic E-state index is 14.5. The number of nitriles is 1. The fourth-order valence-electron chi connectivity index (χ4n) is 5.57. The topological polar surface area (TPSA) is 72.6 Å². The van der Waals surface area contributed by atoms with Crippen LogP contribution in [0.25, 0.3) is 6.08 Å². The number of halogens is 1. The highest BCUT2D eigenvalue weighted by Gasteiger charge is 2.33. The van der Waals surface area contributed by atoms with Gasteiger partial charge in [0.25, 0.3) is 11.5 Å². The number of amides is 1. The summed E-state index contributed by atoms with van der Waals surface area (Å²) in [4.78, 5) is 33.5. The fraction of sp³-hybridized carbons (Fsp3) is 0.500. The number of piperazine rings is 1. The molecule has 7 nitrogen and oxygen atoms in total. The number of aromatic nitrogens is 1. The van der Waals surface area contributed by atoms with E-state index >= 15 is 0 Å². The van der Waals surface area contributed by atoms with Gasteiger partial charge in [-0.1, -0.05) is 82.1 Å². The van der Waals surface area contributed by atoms with Crippen LogP contribution < -0.4 is 15.4 Å². The number of anilines is 2. The Kier molecular flexibility index (Phi) is 11.2.